The minimum absolute atomic E-state index is 0.0375. The molecule has 0 atom stereocenters. The number of ether oxygens (including phenoxy) is 2. The Morgan fingerprint density at radius 2 is 2.03 bits per heavy atom. The number of likely N-dealkylation sites (tertiary alicyclic amines) is 1. The normalized spacial score (nSPS) is 23.5. The second-order valence-corrected chi connectivity index (χ2v) is 9.63. The summed E-state index contributed by atoms with van der Waals surface area (Å²) in [6.45, 7) is 3.95. The number of esters is 1. The van der Waals surface area contributed by atoms with Crippen molar-refractivity contribution in [2.45, 2.75) is 44.1 Å². The highest BCUT2D eigenvalue weighted by Gasteiger charge is 2.48. The molecular formula is C26H29N5O4. The van der Waals surface area contributed by atoms with Crippen LogP contribution >= 0.6 is 0 Å². The number of hydrogen-bond acceptors (Lipinski definition) is 8. The Labute approximate surface area is 204 Å². The maximum Gasteiger partial charge on any atom is 0.339 e. The lowest BCUT2D eigenvalue weighted by Gasteiger charge is -2.37. The Balaban J connectivity index is 1.22. The van der Waals surface area contributed by atoms with Gasteiger partial charge in [-0.3, -0.25) is 4.79 Å². The average molecular weight is 476 g/mol. The average Bonchev–Trinajstić information content (AvgIpc) is 3.50. The fourth-order valence-corrected chi connectivity index (χ4v) is 5.41. The van der Waals surface area contributed by atoms with E-state index in [2.05, 4.69) is 14.9 Å². The predicted molar refractivity (Wildman–Crippen MR) is 126 cm³/mol. The van der Waals surface area contributed by atoms with E-state index in [-0.39, 0.29) is 29.4 Å². The molecule has 1 spiro atoms. The predicted octanol–water partition coefficient (Wildman–Crippen LogP) is 3.25. The first-order valence-electron chi connectivity index (χ1n) is 12.2. The second-order valence-electron chi connectivity index (χ2n) is 9.63. The largest absolute Gasteiger partial charge is 0.451 e. The van der Waals surface area contributed by atoms with Crippen molar-refractivity contribution < 1.29 is 19.1 Å². The van der Waals surface area contributed by atoms with Crippen molar-refractivity contribution in [3.63, 3.8) is 0 Å². The summed E-state index contributed by atoms with van der Waals surface area (Å²) in [5.41, 5.74) is 0.860. The van der Waals surface area contributed by atoms with E-state index in [0.717, 1.165) is 31.7 Å². The number of amides is 1. The summed E-state index contributed by atoms with van der Waals surface area (Å²) in [6, 6.07) is 7.23. The van der Waals surface area contributed by atoms with Crippen LogP contribution < -0.4 is 4.74 Å². The Kier molecular flexibility index (Phi) is 6.39. The summed E-state index contributed by atoms with van der Waals surface area (Å²) < 4.78 is 11.6. The van der Waals surface area contributed by atoms with Gasteiger partial charge in [0, 0.05) is 31.6 Å². The Hall–Kier alpha value is -3.51. The Bertz CT molecular complexity index is 1150. The van der Waals surface area contributed by atoms with Gasteiger partial charge in [0.25, 0.3) is 0 Å². The van der Waals surface area contributed by atoms with Crippen LogP contribution in [-0.2, 0) is 15.1 Å². The lowest BCUT2D eigenvalue weighted by atomic mass is 9.74. The number of nitriles is 1. The molecule has 1 saturated heterocycles. The van der Waals surface area contributed by atoms with Crippen molar-refractivity contribution in [3.05, 3.63) is 47.4 Å². The molecule has 3 heterocycles. The van der Waals surface area contributed by atoms with Gasteiger partial charge < -0.3 is 19.3 Å². The molecule has 2 fully saturated rings. The van der Waals surface area contributed by atoms with Crippen molar-refractivity contribution in [3.8, 4) is 17.7 Å². The van der Waals surface area contributed by atoms with E-state index in [0.29, 0.717) is 37.0 Å². The topological polar surface area (TPSA) is 109 Å². The number of fused-ring (bicyclic) bond motifs is 2. The highest BCUT2D eigenvalue weighted by molar-refractivity contribution is 5.95. The fourth-order valence-electron chi connectivity index (χ4n) is 5.41. The minimum Gasteiger partial charge on any atom is -0.451 e. The third-order valence-electron chi connectivity index (χ3n) is 7.42. The van der Waals surface area contributed by atoms with Gasteiger partial charge >= 0.3 is 5.97 Å². The number of carbonyl (C=O) groups is 2. The maximum absolute atomic E-state index is 13.0. The first kappa shape index (κ1) is 23.2. The number of likely N-dealkylation sites (N-methyl/N-ethyl adjacent to an activating group) is 1. The Morgan fingerprint density at radius 3 is 2.71 bits per heavy atom. The highest BCUT2D eigenvalue weighted by Crippen LogP contribution is 2.49. The molecule has 2 aromatic rings. The summed E-state index contributed by atoms with van der Waals surface area (Å²) >= 11 is 0. The molecule has 1 amide bonds. The number of rotatable bonds is 6. The summed E-state index contributed by atoms with van der Waals surface area (Å²) in [5, 5.41) is 8.85. The van der Waals surface area contributed by atoms with Crippen LogP contribution in [0.3, 0.4) is 0 Å². The van der Waals surface area contributed by atoms with Crippen molar-refractivity contribution in [1.29, 1.82) is 5.26 Å². The highest BCUT2D eigenvalue weighted by atomic mass is 16.6. The van der Waals surface area contributed by atoms with Crippen molar-refractivity contribution in [2.24, 2.45) is 5.92 Å². The maximum atomic E-state index is 13.0. The zero-order chi connectivity index (χ0) is 24.4. The van der Waals surface area contributed by atoms with E-state index in [1.54, 1.807) is 12.1 Å². The zero-order valence-corrected chi connectivity index (χ0v) is 19.9. The number of carbonyl (C=O) groups excluding carboxylic acids is 2. The molecule has 35 heavy (non-hydrogen) atoms. The molecule has 0 bridgehead atoms. The van der Waals surface area contributed by atoms with Crippen molar-refractivity contribution in [1.82, 2.24) is 19.8 Å². The molecule has 1 aromatic heterocycles. The van der Waals surface area contributed by atoms with Crippen LogP contribution in [0.25, 0.3) is 0 Å². The molecule has 0 unspecified atom stereocenters. The van der Waals surface area contributed by atoms with Gasteiger partial charge in [0.1, 0.15) is 17.4 Å². The standard InChI is InChI=1S/C26H29N5O4/c1-30(12-13-31-10-2-3-11-31)24(32)18-6-8-26(9-7-18)22-5-4-20(14-21(22)25(33)35-26)34-23-17-28-19(15-27)16-29-23/h4-5,14,16-18H,2-3,6-13H2,1H3. The van der Waals surface area contributed by atoms with Gasteiger partial charge in [-0.15, -0.1) is 0 Å². The van der Waals surface area contributed by atoms with Gasteiger partial charge in [-0.05, 0) is 63.7 Å². The molecule has 0 radical (unpaired) electrons. The molecule has 1 aliphatic carbocycles. The van der Waals surface area contributed by atoms with Gasteiger partial charge in [-0.25, -0.2) is 14.8 Å². The number of nitrogens with zero attached hydrogens (tertiary/aromatic N) is 5. The molecule has 3 aliphatic rings. The molecular weight excluding hydrogens is 446 g/mol. The van der Waals surface area contributed by atoms with Crippen LogP contribution in [0, 0.1) is 17.2 Å². The monoisotopic (exact) mass is 475 g/mol. The van der Waals surface area contributed by atoms with Gasteiger partial charge in [0.05, 0.1) is 18.0 Å². The molecule has 9 nitrogen and oxygen atoms in total. The van der Waals surface area contributed by atoms with Crippen LogP contribution in [0.5, 0.6) is 11.6 Å². The SMILES string of the molecule is CN(CCN1CCCC1)C(=O)C1CCC2(CC1)OC(=O)c1cc(Oc3cnc(C#N)cn3)ccc12. The lowest BCUT2D eigenvalue weighted by molar-refractivity contribution is -0.137. The first-order chi connectivity index (χ1) is 17.0. The van der Waals surface area contributed by atoms with Crippen LogP contribution in [0.15, 0.2) is 30.6 Å². The summed E-state index contributed by atoms with van der Waals surface area (Å²) in [4.78, 5) is 38.0. The van der Waals surface area contributed by atoms with Gasteiger partial charge in [0.2, 0.25) is 11.8 Å². The number of benzene rings is 1. The van der Waals surface area contributed by atoms with Gasteiger partial charge in [-0.2, -0.15) is 5.26 Å². The molecule has 182 valence electrons. The van der Waals surface area contributed by atoms with Crippen molar-refractivity contribution >= 4 is 11.9 Å². The summed E-state index contributed by atoms with van der Waals surface area (Å²) in [6.07, 6.45) is 7.84. The molecule has 0 N–H and O–H groups in total. The smallest absolute Gasteiger partial charge is 0.339 e. The lowest BCUT2D eigenvalue weighted by Crippen LogP contribution is -2.41. The van der Waals surface area contributed by atoms with Gasteiger partial charge in [-0.1, -0.05) is 6.07 Å². The third kappa shape index (κ3) is 4.71. The van der Waals surface area contributed by atoms with Gasteiger partial charge in [0.15, 0.2) is 5.69 Å². The summed E-state index contributed by atoms with van der Waals surface area (Å²) in [5.74, 6) is 0.461. The number of aromatic nitrogens is 2. The van der Waals surface area contributed by atoms with Crippen LogP contribution in [0.4, 0.5) is 0 Å². The van der Waals surface area contributed by atoms with Crippen molar-refractivity contribution in [2.75, 3.05) is 33.2 Å². The van der Waals surface area contributed by atoms with E-state index < -0.39 is 5.60 Å². The van der Waals surface area contributed by atoms with E-state index >= 15 is 0 Å². The van der Waals surface area contributed by atoms with E-state index in [1.807, 2.05) is 24.1 Å². The quantitative estimate of drug-likeness (QED) is 0.586. The molecule has 2 aliphatic heterocycles. The fraction of sp³-hybridized carbons (Fsp3) is 0.500. The second kappa shape index (κ2) is 9.62. The van der Waals surface area contributed by atoms with Crippen LogP contribution in [0.2, 0.25) is 0 Å². The zero-order valence-electron chi connectivity index (χ0n) is 19.9. The third-order valence-corrected chi connectivity index (χ3v) is 7.42. The van der Waals surface area contributed by atoms with E-state index in [4.69, 9.17) is 14.7 Å². The Morgan fingerprint density at radius 1 is 1.26 bits per heavy atom. The van der Waals surface area contributed by atoms with Crippen LogP contribution in [0.1, 0.15) is 60.1 Å². The van der Waals surface area contributed by atoms with Crippen LogP contribution in [-0.4, -0.2) is 64.9 Å². The summed E-state index contributed by atoms with van der Waals surface area (Å²) in [7, 11) is 1.90. The minimum atomic E-state index is -0.676. The van der Waals surface area contributed by atoms with E-state index in [9.17, 15) is 9.59 Å². The number of hydrogen-bond donors (Lipinski definition) is 0. The van der Waals surface area contributed by atoms with E-state index in [1.165, 1.54) is 25.2 Å². The molecule has 1 saturated carbocycles. The molecule has 9 heteroatoms. The molecule has 1 aromatic carbocycles. The molecule has 5 rings (SSSR count). The first-order valence-corrected chi connectivity index (χ1v) is 12.2.